The lowest BCUT2D eigenvalue weighted by atomic mass is 9.96. The quantitative estimate of drug-likeness (QED) is 0.583. The molecule has 0 aliphatic heterocycles. The number of unbranched alkanes of at least 4 members (excludes halogenated alkanes) is 1. The molecule has 0 saturated carbocycles. The van der Waals surface area contributed by atoms with E-state index in [4.69, 9.17) is 5.26 Å². The van der Waals surface area contributed by atoms with Gasteiger partial charge in [0, 0.05) is 6.54 Å². The molecule has 0 rings (SSSR count). The SMILES string of the molecule is CCC(CC)CN(CC)CCCCC(C)(C#N)NC. The fourth-order valence-electron chi connectivity index (χ4n) is 2.34. The molecule has 0 aromatic carbocycles. The third kappa shape index (κ3) is 7.54. The fourth-order valence-corrected chi connectivity index (χ4v) is 2.34. The van der Waals surface area contributed by atoms with Crippen molar-refractivity contribution >= 4 is 0 Å². The van der Waals surface area contributed by atoms with Crippen molar-refractivity contribution in [2.45, 2.75) is 65.3 Å². The molecule has 0 spiro atoms. The Hall–Kier alpha value is -0.590. The van der Waals surface area contributed by atoms with Crippen LogP contribution in [0.4, 0.5) is 0 Å². The Morgan fingerprint density at radius 2 is 1.84 bits per heavy atom. The third-order valence-electron chi connectivity index (χ3n) is 4.32. The Labute approximate surface area is 120 Å². The van der Waals surface area contributed by atoms with Crippen molar-refractivity contribution in [3.05, 3.63) is 0 Å². The van der Waals surface area contributed by atoms with Gasteiger partial charge in [0.15, 0.2) is 0 Å². The fraction of sp³-hybridized carbons (Fsp3) is 0.938. The summed E-state index contributed by atoms with van der Waals surface area (Å²) in [7, 11) is 1.87. The summed E-state index contributed by atoms with van der Waals surface area (Å²) < 4.78 is 0. The molecule has 0 saturated heterocycles. The molecule has 0 aliphatic rings. The number of hydrogen-bond acceptors (Lipinski definition) is 3. The molecule has 0 fully saturated rings. The Bertz CT molecular complexity index is 255. The minimum Gasteiger partial charge on any atom is -0.303 e. The van der Waals surface area contributed by atoms with Crippen molar-refractivity contribution in [2.75, 3.05) is 26.7 Å². The highest BCUT2D eigenvalue weighted by atomic mass is 15.1. The van der Waals surface area contributed by atoms with Crippen LogP contribution in [0.5, 0.6) is 0 Å². The molecule has 0 bridgehead atoms. The standard InChI is InChI=1S/C16H33N3/c1-6-15(7-2)13-19(8-3)12-10-9-11-16(4,14-17)18-5/h15,18H,6-13H2,1-5H3. The second-order valence-electron chi connectivity index (χ2n) is 5.73. The van der Waals surface area contributed by atoms with E-state index >= 15 is 0 Å². The summed E-state index contributed by atoms with van der Waals surface area (Å²) in [6.07, 6.45) is 5.79. The highest BCUT2D eigenvalue weighted by Crippen LogP contribution is 2.14. The lowest BCUT2D eigenvalue weighted by molar-refractivity contribution is 0.227. The molecule has 1 atom stereocenters. The number of rotatable bonds is 11. The summed E-state index contributed by atoms with van der Waals surface area (Å²) in [5, 5.41) is 12.2. The molecule has 0 aromatic rings. The molecule has 0 aliphatic carbocycles. The zero-order valence-corrected chi connectivity index (χ0v) is 13.6. The molecule has 0 aromatic heterocycles. The Balaban J connectivity index is 3.94. The third-order valence-corrected chi connectivity index (χ3v) is 4.32. The van der Waals surface area contributed by atoms with Crippen LogP contribution < -0.4 is 5.32 Å². The molecular weight excluding hydrogens is 234 g/mol. The van der Waals surface area contributed by atoms with Gasteiger partial charge in [-0.3, -0.25) is 0 Å². The average molecular weight is 267 g/mol. The number of hydrogen-bond donors (Lipinski definition) is 1. The maximum atomic E-state index is 9.10. The van der Waals surface area contributed by atoms with Crippen molar-refractivity contribution in [1.82, 2.24) is 10.2 Å². The van der Waals surface area contributed by atoms with Crippen LogP contribution in [0.3, 0.4) is 0 Å². The van der Waals surface area contributed by atoms with Gasteiger partial charge in [-0.2, -0.15) is 5.26 Å². The van der Waals surface area contributed by atoms with E-state index in [1.165, 1.54) is 25.8 Å². The van der Waals surface area contributed by atoms with E-state index in [2.05, 4.69) is 37.1 Å². The van der Waals surface area contributed by atoms with E-state index in [-0.39, 0.29) is 5.54 Å². The lowest BCUT2D eigenvalue weighted by Crippen LogP contribution is -2.38. The maximum Gasteiger partial charge on any atom is 0.103 e. The second-order valence-corrected chi connectivity index (χ2v) is 5.73. The number of nitrogens with one attached hydrogen (secondary N) is 1. The first-order valence-electron chi connectivity index (χ1n) is 7.87. The molecule has 3 nitrogen and oxygen atoms in total. The van der Waals surface area contributed by atoms with Crippen molar-refractivity contribution in [3.63, 3.8) is 0 Å². The molecule has 1 N–H and O–H groups in total. The van der Waals surface area contributed by atoms with E-state index in [1.54, 1.807) is 0 Å². The first kappa shape index (κ1) is 18.4. The van der Waals surface area contributed by atoms with Gasteiger partial charge in [0.1, 0.15) is 5.54 Å². The predicted octanol–water partition coefficient (Wildman–Crippen LogP) is 3.42. The van der Waals surface area contributed by atoms with Crippen molar-refractivity contribution in [2.24, 2.45) is 5.92 Å². The monoisotopic (exact) mass is 267 g/mol. The summed E-state index contributed by atoms with van der Waals surface area (Å²) >= 11 is 0. The second kappa shape index (κ2) is 10.2. The van der Waals surface area contributed by atoms with E-state index in [0.717, 1.165) is 31.8 Å². The van der Waals surface area contributed by atoms with E-state index in [1.807, 2.05) is 14.0 Å². The lowest BCUT2D eigenvalue weighted by Gasteiger charge is -2.26. The van der Waals surface area contributed by atoms with Crippen LogP contribution in [0.1, 0.15) is 59.8 Å². The predicted molar refractivity (Wildman–Crippen MR) is 83.1 cm³/mol. The van der Waals surface area contributed by atoms with Crippen LogP contribution in [-0.2, 0) is 0 Å². The van der Waals surface area contributed by atoms with Gasteiger partial charge in [0.2, 0.25) is 0 Å². The van der Waals surface area contributed by atoms with Gasteiger partial charge >= 0.3 is 0 Å². The van der Waals surface area contributed by atoms with Crippen LogP contribution in [-0.4, -0.2) is 37.1 Å². The van der Waals surface area contributed by atoms with Gasteiger partial charge in [0.25, 0.3) is 0 Å². The van der Waals surface area contributed by atoms with E-state index < -0.39 is 0 Å². The topological polar surface area (TPSA) is 39.1 Å². The van der Waals surface area contributed by atoms with Crippen LogP contribution in [0.2, 0.25) is 0 Å². The van der Waals surface area contributed by atoms with Gasteiger partial charge in [-0.25, -0.2) is 0 Å². The largest absolute Gasteiger partial charge is 0.303 e. The average Bonchev–Trinajstić information content (AvgIpc) is 2.46. The minimum absolute atomic E-state index is 0.355. The summed E-state index contributed by atoms with van der Waals surface area (Å²) in [6.45, 7) is 12.3. The van der Waals surface area contributed by atoms with Gasteiger partial charge < -0.3 is 10.2 Å². The van der Waals surface area contributed by atoms with Crippen LogP contribution in [0.15, 0.2) is 0 Å². The van der Waals surface area contributed by atoms with E-state index in [9.17, 15) is 0 Å². The summed E-state index contributed by atoms with van der Waals surface area (Å²) in [4.78, 5) is 2.56. The maximum absolute atomic E-state index is 9.10. The highest BCUT2D eigenvalue weighted by molar-refractivity contribution is 5.02. The molecular formula is C16H33N3. The first-order chi connectivity index (χ1) is 9.05. The van der Waals surface area contributed by atoms with Gasteiger partial charge in [-0.05, 0) is 52.2 Å². The molecule has 3 heteroatoms. The summed E-state index contributed by atoms with van der Waals surface area (Å²) in [5.41, 5.74) is -0.355. The van der Waals surface area contributed by atoms with Gasteiger partial charge in [0.05, 0.1) is 6.07 Å². The Kier molecular flexibility index (Phi) is 9.91. The molecule has 112 valence electrons. The van der Waals surface area contributed by atoms with Crippen molar-refractivity contribution in [1.29, 1.82) is 5.26 Å². The van der Waals surface area contributed by atoms with Crippen LogP contribution in [0.25, 0.3) is 0 Å². The summed E-state index contributed by atoms with van der Waals surface area (Å²) in [6, 6.07) is 2.36. The smallest absolute Gasteiger partial charge is 0.103 e. The van der Waals surface area contributed by atoms with Crippen LogP contribution in [0, 0.1) is 17.2 Å². The Morgan fingerprint density at radius 1 is 1.21 bits per heavy atom. The number of nitriles is 1. The normalized spacial score (nSPS) is 14.6. The van der Waals surface area contributed by atoms with Crippen molar-refractivity contribution < 1.29 is 0 Å². The Morgan fingerprint density at radius 3 is 2.26 bits per heavy atom. The van der Waals surface area contributed by atoms with Crippen LogP contribution >= 0.6 is 0 Å². The van der Waals surface area contributed by atoms with Crippen molar-refractivity contribution in [3.8, 4) is 6.07 Å². The zero-order chi connectivity index (χ0) is 14.7. The van der Waals surface area contributed by atoms with Gasteiger partial charge in [-0.1, -0.05) is 33.6 Å². The zero-order valence-electron chi connectivity index (χ0n) is 13.6. The molecule has 19 heavy (non-hydrogen) atoms. The molecule has 0 heterocycles. The minimum atomic E-state index is -0.355. The summed E-state index contributed by atoms with van der Waals surface area (Å²) in [5.74, 6) is 0.835. The first-order valence-corrected chi connectivity index (χ1v) is 7.87. The number of nitrogens with zero attached hydrogens (tertiary/aromatic N) is 2. The molecule has 1 unspecified atom stereocenters. The highest BCUT2D eigenvalue weighted by Gasteiger charge is 2.20. The molecule has 0 radical (unpaired) electrons. The molecule has 0 amide bonds. The van der Waals surface area contributed by atoms with E-state index in [0.29, 0.717) is 0 Å². The van der Waals surface area contributed by atoms with Gasteiger partial charge in [-0.15, -0.1) is 0 Å².